The first-order valence-electron chi connectivity index (χ1n) is 4.98. The summed E-state index contributed by atoms with van der Waals surface area (Å²) in [7, 11) is 2.12. The molecule has 14 heavy (non-hydrogen) atoms. The molecule has 0 aromatic carbocycles. The minimum atomic E-state index is 0.0242. The third kappa shape index (κ3) is 2.36. The monoisotopic (exact) mass is 200 g/mol. The number of likely N-dealkylation sites (N-methyl/N-ethyl adjacent to an activating group) is 1. The van der Waals surface area contributed by atoms with Crippen molar-refractivity contribution in [2.75, 3.05) is 26.7 Å². The van der Waals surface area contributed by atoms with Crippen LogP contribution in [0, 0.1) is 0 Å². The van der Waals surface area contributed by atoms with Crippen molar-refractivity contribution in [2.24, 2.45) is 10.9 Å². The first-order chi connectivity index (χ1) is 6.56. The number of hydrogen-bond donors (Lipinski definition) is 2. The fourth-order valence-electron chi connectivity index (χ4n) is 1.70. The molecule has 0 radical (unpaired) electrons. The molecule has 1 aliphatic heterocycles. The minimum Gasteiger partial charge on any atom is -0.409 e. The van der Waals surface area contributed by atoms with E-state index >= 15 is 0 Å². The van der Waals surface area contributed by atoms with E-state index in [0.717, 1.165) is 19.6 Å². The Balaban J connectivity index is 2.54. The zero-order valence-corrected chi connectivity index (χ0v) is 9.14. The standard InChI is InChI=1S/C9H20N4O/c1-7-6-13(5-4-12(7)3)8(2)9(10)11-14/h7-8,14H,4-6H2,1-3H3,(H2,10,11). The van der Waals surface area contributed by atoms with E-state index in [1.807, 2.05) is 6.92 Å². The van der Waals surface area contributed by atoms with Gasteiger partial charge in [-0.3, -0.25) is 4.90 Å². The Morgan fingerprint density at radius 1 is 1.57 bits per heavy atom. The van der Waals surface area contributed by atoms with Crippen LogP contribution in [-0.4, -0.2) is 59.6 Å². The third-order valence-electron chi connectivity index (χ3n) is 3.08. The minimum absolute atomic E-state index is 0.0242. The van der Waals surface area contributed by atoms with Gasteiger partial charge in [-0.1, -0.05) is 5.16 Å². The van der Waals surface area contributed by atoms with Crippen LogP contribution < -0.4 is 5.73 Å². The molecule has 3 N–H and O–H groups in total. The van der Waals surface area contributed by atoms with Crippen LogP contribution in [0.25, 0.3) is 0 Å². The largest absolute Gasteiger partial charge is 0.409 e. The van der Waals surface area contributed by atoms with Gasteiger partial charge in [0.25, 0.3) is 0 Å². The predicted molar refractivity (Wildman–Crippen MR) is 56.5 cm³/mol. The second-order valence-electron chi connectivity index (χ2n) is 4.03. The molecule has 1 heterocycles. The molecule has 2 atom stereocenters. The topological polar surface area (TPSA) is 65.1 Å². The zero-order chi connectivity index (χ0) is 10.7. The number of amidine groups is 1. The van der Waals surface area contributed by atoms with Gasteiger partial charge in [-0.15, -0.1) is 0 Å². The van der Waals surface area contributed by atoms with Crippen LogP contribution in [-0.2, 0) is 0 Å². The molecule has 82 valence electrons. The molecule has 1 rings (SSSR count). The Kier molecular flexibility index (Phi) is 3.71. The normalized spacial score (nSPS) is 29.1. The van der Waals surface area contributed by atoms with E-state index in [0.29, 0.717) is 11.9 Å². The van der Waals surface area contributed by atoms with Crippen molar-refractivity contribution in [3.63, 3.8) is 0 Å². The molecular weight excluding hydrogens is 180 g/mol. The summed E-state index contributed by atoms with van der Waals surface area (Å²) in [6.07, 6.45) is 0. The summed E-state index contributed by atoms with van der Waals surface area (Å²) >= 11 is 0. The van der Waals surface area contributed by atoms with E-state index < -0.39 is 0 Å². The molecule has 0 amide bonds. The Morgan fingerprint density at radius 3 is 2.71 bits per heavy atom. The maximum absolute atomic E-state index is 8.58. The lowest BCUT2D eigenvalue weighted by molar-refractivity contribution is 0.0945. The smallest absolute Gasteiger partial charge is 0.156 e. The highest BCUT2D eigenvalue weighted by Gasteiger charge is 2.25. The van der Waals surface area contributed by atoms with Crippen molar-refractivity contribution in [1.29, 1.82) is 0 Å². The van der Waals surface area contributed by atoms with Crippen LogP contribution in [0.2, 0.25) is 0 Å². The molecule has 0 aromatic heterocycles. The van der Waals surface area contributed by atoms with Gasteiger partial charge in [0.05, 0.1) is 6.04 Å². The lowest BCUT2D eigenvalue weighted by Crippen LogP contribution is -2.55. The lowest BCUT2D eigenvalue weighted by atomic mass is 10.1. The SMILES string of the molecule is CC1CN(C(C)C(N)=NO)CCN1C. The van der Waals surface area contributed by atoms with Gasteiger partial charge in [0.1, 0.15) is 0 Å². The van der Waals surface area contributed by atoms with E-state index in [1.165, 1.54) is 0 Å². The van der Waals surface area contributed by atoms with Crippen molar-refractivity contribution in [1.82, 2.24) is 9.80 Å². The molecule has 0 aromatic rings. The highest BCUT2D eigenvalue weighted by Crippen LogP contribution is 2.10. The van der Waals surface area contributed by atoms with Gasteiger partial charge in [-0.25, -0.2) is 0 Å². The number of hydrogen-bond acceptors (Lipinski definition) is 4. The first-order valence-corrected chi connectivity index (χ1v) is 4.98. The van der Waals surface area contributed by atoms with Crippen molar-refractivity contribution < 1.29 is 5.21 Å². The van der Waals surface area contributed by atoms with Gasteiger partial charge in [0.2, 0.25) is 0 Å². The lowest BCUT2D eigenvalue weighted by Gasteiger charge is -2.40. The van der Waals surface area contributed by atoms with Crippen LogP contribution in [0.5, 0.6) is 0 Å². The second kappa shape index (κ2) is 4.61. The Bertz CT molecular complexity index is 219. The van der Waals surface area contributed by atoms with Gasteiger partial charge in [-0.05, 0) is 20.9 Å². The summed E-state index contributed by atoms with van der Waals surface area (Å²) in [6, 6.07) is 0.550. The van der Waals surface area contributed by atoms with Gasteiger partial charge >= 0.3 is 0 Å². The molecular formula is C9H20N4O. The van der Waals surface area contributed by atoms with Crippen molar-refractivity contribution in [3.8, 4) is 0 Å². The van der Waals surface area contributed by atoms with E-state index in [-0.39, 0.29) is 6.04 Å². The van der Waals surface area contributed by atoms with Gasteiger partial charge in [-0.2, -0.15) is 0 Å². The Labute approximate surface area is 85.2 Å². The summed E-state index contributed by atoms with van der Waals surface area (Å²) in [5, 5.41) is 11.6. The number of piperazine rings is 1. The molecule has 0 spiro atoms. The van der Waals surface area contributed by atoms with Crippen LogP contribution in [0.4, 0.5) is 0 Å². The third-order valence-corrected chi connectivity index (χ3v) is 3.08. The van der Waals surface area contributed by atoms with Gasteiger partial charge in [0, 0.05) is 25.7 Å². The quantitative estimate of drug-likeness (QED) is 0.279. The summed E-state index contributed by atoms with van der Waals surface area (Å²) in [5.74, 6) is 0.293. The molecule has 0 aliphatic carbocycles. The first kappa shape index (κ1) is 11.3. The van der Waals surface area contributed by atoms with Crippen LogP contribution in [0.3, 0.4) is 0 Å². The predicted octanol–water partition coefficient (Wildman–Crippen LogP) is -0.243. The molecule has 5 nitrogen and oxygen atoms in total. The van der Waals surface area contributed by atoms with E-state index in [4.69, 9.17) is 10.9 Å². The molecule has 1 fully saturated rings. The molecule has 0 bridgehead atoms. The summed E-state index contributed by atoms with van der Waals surface area (Å²) in [5.41, 5.74) is 5.57. The van der Waals surface area contributed by atoms with E-state index in [2.05, 4.69) is 28.9 Å². The highest BCUT2D eigenvalue weighted by atomic mass is 16.4. The van der Waals surface area contributed by atoms with E-state index in [1.54, 1.807) is 0 Å². The van der Waals surface area contributed by atoms with Crippen LogP contribution >= 0.6 is 0 Å². The van der Waals surface area contributed by atoms with Crippen molar-refractivity contribution in [3.05, 3.63) is 0 Å². The molecule has 2 unspecified atom stereocenters. The van der Waals surface area contributed by atoms with Gasteiger partial charge < -0.3 is 15.8 Å². The van der Waals surface area contributed by atoms with Crippen molar-refractivity contribution in [2.45, 2.75) is 25.9 Å². The Morgan fingerprint density at radius 2 is 2.21 bits per heavy atom. The second-order valence-corrected chi connectivity index (χ2v) is 4.03. The molecule has 0 saturated carbocycles. The molecule has 5 heteroatoms. The number of rotatable bonds is 2. The fourth-order valence-corrected chi connectivity index (χ4v) is 1.70. The van der Waals surface area contributed by atoms with Crippen molar-refractivity contribution >= 4 is 5.84 Å². The average molecular weight is 200 g/mol. The average Bonchev–Trinajstić information content (AvgIpc) is 2.20. The molecule has 1 saturated heterocycles. The summed E-state index contributed by atoms with van der Waals surface area (Å²) in [4.78, 5) is 4.55. The van der Waals surface area contributed by atoms with E-state index in [9.17, 15) is 0 Å². The number of oxime groups is 1. The number of nitrogens with two attached hydrogens (primary N) is 1. The van der Waals surface area contributed by atoms with Crippen LogP contribution in [0.1, 0.15) is 13.8 Å². The van der Waals surface area contributed by atoms with Crippen LogP contribution in [0.15, 0.2) is 5.16 Å². The molecule has 1 aliphatic rings. The fraction of sp³-hybridized carbons (Fsp3) is 0.889. The summed E-state index contributed by atoms with van der Waals surface area (Å²) in [6.45, 7) is 7.12. The summed E-state index contributed by atoms with van der Waals surface area (Å²) < 4.78 is 0. The highest BCUT2D eigenvalue weighted by molar-refractivity contribution is 5.84. The maximum Gasteiger partial charge on any atom is 0.156 e. The Hall–Kier alpha value is -0.810. The zero-order valence-electron chi connectivity index (χ0n) is 9.14. The maximum atomic E-state index is 8.58. The number of nitrogens with zero attached hydrogens (tertiary/aromatic N) is 3. The van der Waals surface area contributed by atoms with Gasteiger partial charge in [0.15, 0.2) is 5.84 Å².